The van der Waals surface area contributed by atoms with Crippen LogP contribution in [0.25, 0.3) is 0 Å². The van der Waals surface area contributed by atoms with Crippen LogP contribution in [0.5, 0.6) is 0 Å². The molecule has 5 heteroatoms. The van der Waals surface area contributed by atoms with Gasteiger partial charge in [-0.25, -0.2) is 0 Å². The highest BCUT2D eigenvalue weighted by molar-refractivity contribution is 5.77. The molecule has 0 bridgehead atoms. The summed E-state index contributed by atoms with van der Waals surface area (Å²) in [5.41, 5.74) is 0. The van der Waals surface area contributed by atoms with E-state index >= 15 is 0 Å². The van der Waals surface area contributed by atoms with Crippen molar-refractivity contribution in [1.82, 2.24) is 0 Å². The molecular formula is C23H40O5. The highest BCUT2D eigenvalue weighted by atomic mass is 16.5. The Morgan fingerprint density at radius 1 is 1.21 bits per heavy atom. The van der Waals surface area contributed by atoms with Gasteiger partial charge in [-0.15, -0.1) is 0 Å². The highest BCUT2D eigenvalue weighted by Gasteiger charge is 2.29. The lowest BCUT2D eigenvalue weighted by atomic mass is 9.85. The lowest BCUT2D eigenvalue weighted by molar-refractivity contribution is -0.141. The van der Waals surface area contributed by atoms with Gasteiger partial charge < -0.3 is 14.6 Å². The number of hydrogen-bond acceptors (Lipinski definition) is 5. The molecule has 0 aromatic rings. The Labute approximate surface area is 170 Å². The standard InChI is InChI=1S/C23H40O5/c1-15(19(5)24)9-13-21(25)16(2)7-11-20-12-8-17(3)23(28-20)18(4)10-14-22(26)27-6/h12,15-18,21,23,25H,7-11,13-14H2,1-6H3/t15-,16+,17-,18+,21-,23+/m0/s1. The largest absolute Gasteiger partial charge is 0.495 e. The maximum absolute atomic E-state index is 11.4. The van der Waals surface area contributed by atoms with Crippen LogP contribution in [-0.2, 0) is 19.1 Å². The SMILES string of the molecule is COC(=O)CC[C@@H](C)[C@@H]1OC(CC[C@@H](C)[C@@H](O)CC[C@H](C)C(C)=O)=CC[C@@H]1C. The fraction of sp³-hybridized carbons (Fsp3) is 0.826. The molecule has 0 radical (unpaired) electrons. The molecule has 0 aromatic carbocycles. The van der Waals surface area contributed by atoms with Gasteiger partial charge in [-0.1, -0.05) is 27.7 Å². The highest BCUT2D eigenvalue weighted by Crippen LogP contribution is 2.32. The summed E-state index contributed by atoms with van der Waals surface area (Å²) in [6.45, 7) is 9.91. The number of rotatable bonds is 12. The Kier molecular flexibility index (Phi) is 10.8. The normalized spacial score (nSPS) is 23.8. The van der Waals surface area contributed by atoms with Gasteiger partial charge in [0.1, 0.15) is 11.9 Å². The molecule has 1 rings (SSSR count). The third-order valence-electron chi connectivity index (χ3n) is 6.25. The van der Waals surface area contributed by atoms with E-state index in [2.05, 4.69) is 26.8 Å². The zero-order chi connectivity index (χ0) is 21.3. The topological polar surface area (TPSA) is 72.8 Å². The summed E-state index contributed by atoms with van der Waals surface area (Å²) >= 11 is 0. The van der Waals surface area contributed by atoms with Crippen LogP contribution in [0.15, 0.2) is 11.8 Å². The van der Waals surface area contributed by atoms with E-state index in [-0.39, 0.29) is 41.7 Å². The first-order chi connectivity index (χ1) is 13.1. The van der Waals surface area contributed by atoms with E-state index in [9.17, 15) is 14.7 Å². The smallest absolute Gasteiger partial charge is 0.305 e. The second-order valence-electron chi connectivity index (χ2n) is 8.73. The molecule has 5 nitrogen and oxygen atoms in total. The van der Waals surface area contributed by atoms with Crippen LogP contribution in [0.3, 0.4) is 0 Å². The molecule has 162 valence electrons. The predicted octanol–water partition coefficient (Wildman–Crippen LogP) is 4.67. The van der Waals surface area contributed by atoms with Gasteiger partial charge >= 0.3 is 5.97 Å². The van der Waals surface area contributed by atoms with Crippen molar-refractivity contribution in [2.45, 2.75) is 91.8 Å². The van der Waals surface area contributed by atoms with Crippen LogP contribution in [-0.4, -0.2) is 36.2 Å². The summed E-state index contributed by atoms with van der Waals surface area (Å²) in [7, 11) is 1.42. The number of aliphatic hydroxyl groups excluding tert-OH is 1. The van der Waals surface area contributed by atoms with Crippen molar-refractivity contribution < 1.29 is 24.2 Å². The Balaban J connectivity index is 2.45. The average molecular weight is 397 g/mol. The maximum atomic E-state index is 11.4. The molecule has 0 amide bonds. The second-order valence-corrected chi connectivity index (χ2v) is 8.73. The number of hydrogen-bond donors (Lipinski definition) is 1. The summed E-state index contributed by atoms with van der Waals surface area (Å²) in [5.74, 6) is 1.90. The van der Waals surface area contributed by atoms with Crippen molar-refractivity contribution >= 4 is 11.8 Å². The number of Topliss-reactive ketones (excluding diaryl/α,β-unsaturated/α-hetero) is 1. The van der Waals surface area contributed by atoms with Gasteiger partial charge in [0.05, 0.1) is 19.0 Å². The zero-order valence-electron chi connectivity index (χ0n) is 18.6. The quantitative estimate of drug-likeness (QED) is 0.485. The first-order valence-electron chi connectivity index (χ1n) is 10.8. The van der Waals surface area contributed by atoms with E-state index < -0.39 is 0 Å². The number of allylic oxidation sites excluding steroid dienone is 2. The third kappa shape index (κ3) is 8.34. The van der Waals surface area contributed by atoms with E-state index in [1.54, 1.807) is 6.92 Å². The van der Waals surface area contributed by atoms with Crippen LogP contribution < -0.4 is 0 Å². The Bertz CT molecular complexity index is 527. The van der Waals surface area contributed by atoms with E-state index in [4.69, 9.17) is 9.47 Å². The molecule has 1 aliphatic heterocycles. The van der Waals surface area contributed by atoms with Crippen molar-refractivity contribution in [3.8, 4) is 0 Å². The molecule has 0 unspecified atom stereocenters. The van der Waals surface area contributed by atoms with Gasteiger partial charge in [0.2, 0.25) is 0 Å². The van der Waals surface area contributed by atoms with Gasteiger partial charge in [0.25, 0.3) is 0 Å². The van der Waals surface area contributed by atoms with Crippen molar-refractivity contribution in [1.29, 1.82) is 0 Å². The van der Waals surface area contributed by atoms with Gasteiger partial charge in [0, 0.05) is 18.8 Å². The summed E-state index contributed by atoms with van der Waals surface area (Å²) in [6.07, 6.45) is 7.13. The molecule has 1 heterocycles. The predicted molar refractivity (Wildman–Crippen MR) is 111 cm³/mol. The number of aliphatic hydroxyl groups is 1. The molecule has 1 N–H and O–H groups in total. The van der Waals surface area contributed by atoms with E-state index in [0.29, 0.717) is 18.8 Å². The second kappa shape index (κ2) is 12.3. The first kappa shape index (κ1) is 24.7. The number of methoxy groups -OCH3 is 1. The van der Waals surface area contributed by atoms with E-state index in [1.165, 1.54) is 7.11 Å². The number of esters is 1. The van der Waals surface area contributed by atoms with Crippen molar-refractivity contribution in [2.75, 3.05) is 7.11 Å². The number of ketones is 1. The summed E-state index contributed by atoms with van der Waals surface area (Å²) < 4.78 is 11.0. The molecule has 0 aromatic heterocycles. The molecule has 0 saturated heterocycles. The molecule has 0 fully saturated rings. The summed E-state index contributed by atoms with van der Waals surface area (Å²) in [6, 6.07) is 0. The Hall–Kier alpha value is -1.36. The summed E-state index contributed by atoms with van der Waals surface area (Å²) in [4.78, 5) is 22.7. The van der Waals surface area contributed by atoms with Crippen molar-refractivity contribution in [2.24, 2.45) is 23.7 Å². The number of ether oxygens (including phenoxy) is 2. The maximum Gasteiger partial charge on any atom is 0.305 e. The molecule has 28 heavy (non-hydrogen) atoms. The Morgan fingerprint density at radius 3 is 2.50 bits per heavy atom. The van der Waals surface area contributed by atoms with Crippen molar-refractivity contribution in [3.05, 3.63) is 11.8 Å². The molecule has 0 saturated carbocycles. The minimum Gasteiger partial charge on any atom is -0.495 e. The minimum absolute atomic E-state index is 0.0139. The third-order valence-corrected chi connectivity index (χ3v) is 6.25. The molecule has 0 spiro atoms. The first-order valence-corrected chi connectivity index (χ1v) is 10.8. The molecule has 6 atom stereocenters. The van der Waals surface area contributed by atoms with Crippen LogP contribution in [0.1, 0.15) is 79.6 Å². The number of carbonyl (C=O) groups is 2. The Morgan fingerprint density at radius 2 is 1.89 bits per heavy atom. The van der Waals surface area contributed by atoms with E-state index in [0.717, 1.165) is 37.9 Å². The van der Waals surface area contributed by atoms with Gasteiger partial charge in [-0.2, -0.15) is 0 Å². The average Bonchev–Trinajstić information content (AvgIpc) is 2.68. The van der Waals surface area contributed by atoms with Crippen molar-refractivity contribution in [3.63, 3.8) is 0 Å². The van der Waals surface area contributed by atoms with Crippen LogP contribution >= 0.6 is 0 Å². The number of carbonyl (C=O) groups excluding carboxylic acids is 2. The van der Waals surface area contributed by atoms with Crippen LogP contribution in [0.2, 0.25) is 0 Å². The minimum atomic E-state index is -0.389. The van der Waals surface area contributed by atoms with Gasteiger partial charge in [-0.3, -0.25) is 9.59 Å². The fourth-order valence-corrected chi connectivity index (χ4v) is 3.71. The van der Waals surface area contributed by atoms with E-state index in [1.807, 2.05) is 6.92 Å². The van der Waals surface area contributed by atoms with Crippen LogP contribution in [0, 0.1) is 23.7 Å². The molecule has 0 aliphatic carbocycles. The lowest BCUT2D eigenvalue weighted by Gasteiger charge is -2.34. The molecule has 1 aliphatic rings. The zero-order valence-corrected chi connectivity index (χ0v) is 18.6. The van der Waals surface area contributed by atoms with Gasteiger partial charge in [-0.05, 0) is 62.9 Å². The molecular weight excluding hydrogens is 356 g/mol. The van der Waals surface area contributed by atoms with Gasteiger partial charge in [0.15, 0.2) is 0 Å². The lowest BCUT2D eigenvalue weighted by Crippen LogP contribution is -2.32. The fourth-order valence-electron chi connectivity index (χ4n) is 3.71. The summed E-state index contributed by atoms with van der Waals surface area (Å²) in [5, 5.41) is 10.4. The van der Waals surface area contributed by atoms with Crippen LogP contribution in [0.4, 0.5) is 0 Å². The monoisotopic (exact) mass is 396 g/mol.